The molecule has 0 aliphatic heterocycles. The first-order valence-corrected chi connectivity index (χ1v) is 11.9. The minimum atomic E-state index is -0.817. The number of carbonyl (C=O) groups excluding carboxylic acids is 1. The Bertz CT molecular complexity index is 1120. The summed E-state index contributed by atoms with van der Waals surface area (Å²) in [4.78, 5) is 33.4. The third kappa shape index (κ3) is 5.53. The first-order valence-electron chi connectivity index (χ1n) is 11.9. The molecule has 35 heavy (non-hydrogen) atoms. The van der Waals surface area contributed by atoms with Crippen LogP contribution in [0.2, 0.25) is 0 Å². The Hall–Kier alpha value is -3.68. The van der Waals surface area contributed by atoms with Crippen molar-refractivity contribution >= 4 is 17.9 Å². The van der Waals surface area contributed by atoms with Gasteiger partial charge in [-0.15, -0.1) is 10.1 Å². The summed E-state index contributed by atoms with van der Waals surface area (Å²) in [5.74, 6) is -0.873. The molecule has 2 aromatic heterocycles. The van der Waals surface area contributed by atoms with E-state index in [1.807, 2.05) is 0 Å². The van der Waals surface area contributed by atoms with Crippen LogP contribution in [0.4, 0.5) is 10.6 Å². The lowest BCUT2D eigenvalue weighted by Gasteiger charge is -2.27. The van der Waals surface area contributed by atoms with E-state index in [0.29, 0.717) is 35.7 Å². The number of aromatic nitrogens is 4. The maximum Gasteiger partial charge on any atom is 0.410 e. The van der Waals surface area contributed by atoms with E-state index in [1.165, 1.54) is 4.68 Å². The highest BCUT2D eigenvalue weighted by Gasteiger charge is 2.29. The van der Waals surface area contributed by atoms with Crippen LogP contribution in [0.1, 0.15) is 57.1 Å². The van der Waals surface area contributed by atoms with Gasteiger partial charge in [0.1, 0.15) is 18.1 Å². The molecule has 1 N–H and O–H groups in total. The molecule has 11 heteroatoms. The van der Waals surface area contributed by atoms with Crippen LogP contribution < -0.4 is 4.74 Å². The molecule has 0 saturated heterocycles. The summed E-state index contributed by atoms with van der Waals surface area (Å²) in [7, 11) is 3.46. The Kier molecular flexibility index (Phi) is 7.48. The molecule has 1 amide bonds. The minimum Gasteiger partial charge on any atom is -0.500 e. The maximum atomic E-state index is 12.5. The molecule has 186 valence electrons. The third-order valence-electron chi connectivity index (χ3n) is 6.89. The van der Waals surface area contributed by atoms with Gasteiger partial charge in [-0.3, -0.25) is 4.79 Å². The van der Waals surface area contributed by atoms with Crippen LogP contribution in [0.15, 0.2) is 12.1 Å². The molecule has 4 rings (SSSR count). The molecule has 2 saturated carbocycles. The average molecular weight is 483 g/mol. The summed E-state index contributed by atoms with van der Waals surface area (Å²) in [6.07, 6.45) is 6.08. The number of carbonyl (C=O) groups is 2. The maximum absolute atomic E-state index is 12.5. The zero-order valence-corrected chi connectivity index (χ0v) is 20.0. The predicted octanol–water partition coefficient (Wildman–Crippen LogP) is 3.96. The van der Waals surface area contributed by atoms with Crippen molar-refractivity contribution < 1.29 is 24.2 Å². The van der Waals surface area contributed by atoms with E-state index in [9.17, 15) is 14.7 Å². The number of nitrogens with zero attached hydrogens (tertiary/aromatic N) is 6. The van der Waals surface area contributed by atoms with Gasteiger partial charge in [0.2, 0.25) is 0 Å². The fourth-order valence-corrected chi connectivity index (χ4v) is 4.81. The summed E-state index contributed by atoms with van der Waals surface area (Å²) in [6, 6.07) is 3.54. The molecule has 0 spiro atoms. The lowest BCUT2D eigenvalue weighted by atomic mass is 9.87. The van der Waals surface area contributed by atoms with Crippen molar-refractivity contribution in [3.05, 3.63) is 29.2 Å². The lowest BCUT2D eigenvalue weighted by Crippen LogP contribution is -2.35. The molecular formula is C24H30N6O5. The van der Waals surface area contributed by atoms with Crippen molar-refractivity contribution in [3.63, 3.8) is 0 Å². The van der Waals surface area contributed by atoms with Crippen LogP contribution in [0.25, 0.3) is 16.2 Å². The van der Waals surface area contributed by atoms with Crippen molar-refractivity contribution in [1.29, 1.82) is 0 Å². The highest BCUT2D eigenvalue weighted by atomic mass is 16.6. The fraction of sp³-hybridized carbons (Fsp3) is 0.583. The Labute approximate surface area is 203 Å². The minimum absolute atomic E-state index is 0.0271. The van der Waals surface area contributed by atoms with Crippen LogP contribution >= 0.6 is 0 Å². The Morgan fingerprint density at radius 3 is 2.71 bits per heavy atom. The van der Waals surface area contributed by atoms with Gasteiger partial charge >= 0.3 is 17.9 Å². The summed E-state index contributed by atoms with van der Waals surface area (Å²) in [5, 5.41) is 17.5. The van der Waals surface area contributed by atoms with Gasteiger partial charge in [-0.1, -0.05) is 24.6 Å². The fourth-order valence-electron chi connectivity index (χ4n) is 4.81. The van der Waals surface area contributed by atoms with Crippen molar-refractivity contribution in [2.45, 2.75) is 70.1 Å². The highest BCUT2D eigenvalue weighted by Crippen LogP contribution is 2.34. The van der Waals surface area contributed by atoms with E-state index >= 15 is 0 Å². The van der Waals surface area contributed by atoms with Crippen molar-refractivity contribution in [1.82, 2.24) is 24.9 Å². The van der Waals surface area contributed by atoms with Crippen LogP contribution in [0, 0.1) is 12.5 Å². The van der Waals surface area contributed by atoms with E-state index in [1.54, 1.807) is 31.1 Å². The molecule has 0 unspecified atom stereocenters. The molecular weight excluding hydrogens is 452 g/mol. The molecule has 0 radical (unpaired) electrons. The van der Waals surface area contributed by atoms with E-state index in [4.69, 9.17) is 16.0 Å². The molecule has 2 aliphatic carbocycles. The summed E-state index contributed by atoms with van der Waals surface area (Å²) in [5.41, 5.74) is 1.40. The molecule has 11 nitrogen and oxygen atoms in total. The molecule has 0 bridgehead atoms. The zero-order chi connectivity index (χ0) is 24.9. The molecule has 0 aromatic carbocycles. The monoisotopic (exact) mass is 482 g/mol. The summed E-state index contributed by atoms with van der Waals surface area (Å²) >= 11 is 0. The van der Waals surface area contributed by atoms with Gasteiger partial charge in [-0.05, 0) is 50.7 Å². The van der Waals surface area contributed by atoms with E-state index in [-0.39, 0.29) is 24.6 Å². The average Bonchev–Trinajstić information content (AvgIpc) is 3.52. The molecule has 2 aromatic rings. The van der Waals surface area contributed by atoms with Crippen LogP contribution in [0.5, 0.6) is 5.75 Å². The van der Waals surface area contributed by atoms with Gasteiger partial charge in [-0.25, -0.2) is 9.48 Å². The van der Waals surface area contributed by atoms with Gasteiger partial charge in [0.05, 0.1) is 12.0 Å². The SMILES string of the molecule is [C-]#[N+]c1nc(-c2nnn(C)c2COC(=O)N(C)C2CCCC2)ccc1O[C@H]1CCC[C@H](C(=O)O)C1. The van der Waals surface area contributed by atoms with Crippen LogP contribution in [0.3, 0.4) is 0 Å². The normalized spacial score (nSPS) is 20.3. The lowest BCUT2D eigenvalue weighted by molar-refractivity contribution is -0.143. The van der Waals surface area contributed by atoms with Crippen LogP contribution in [-0.4, -0.2) is 61.2 Å². The summed E-state index contributed by atoms with van der Waals surface area (Å²) < 4.78 is 13.0. The first-order chi connectivity index (χ1) is 16.9. The number of hydrogen-bond donors (Lipinski definition) is 1. The predicted molar refractivity (Wildman–Crippen MR) is 125 cm³/mol. The number of aliphatic carboxylic acids is 1. The standard InChI is InChI=1S/C24H30N6O5/c1-25-22-20(35-17-10-6-7-15(13-17)23(31)32)12-11-18(26-22)21-19(30(3)28-27-21)14-34-24(33)29(2)16-8-4-5-9-16/h11-12,15-17H,4-10,13-14H2,2-3H3,(H,31,32)/t15-,17-/m0/s1. The molecule has 2 atom stereocenters. The van der Waals surface area contributed by atoms with Crippen molar-refractivity contribution in [2.75, 3.05) is 7.05 Å². The number of carboxylic acids is 1. The number of amides is 1. The highest BCUT2D eigenvalue weighted by molar-refractivity contribution is 5.70. The van der Waals surface area contributed by atoms with Gasteiger partial charge in [0, 0.05) is 20.1 Å². The Morgan fingerprint density at radius 2 is 2.00 bits per heavy atom. The second-order valence-corrected chi connectivity index (χ2v) is 9.18. The van der Waals surface area contributed by atoms with Crippen LogP contribution in [-0.2, 0) is 23.2 Å². The largest absolute Gasteiger partial charge is 0.500 e. The van der Waals surface area contributed by atoms with Gasteiger partial charge in [0.25, 0.3) is 0 Å². The Balaban J connectivity index is 1.47. The first kappa shape index (κ1) is 24.4. The number of ether oxygens (including phenoxy) is 2. The molecule has 2 aliphatic rings. The van der Waals surface area contributed by atoms with E-state index < -0.39 is 18.0 Å². The molecule has 2 heterocycles. The number of pyridine rings is 1. The number of carboxylic acid groups (broad SMARTS) is 1. The smallest absolute Gasteiger partial charge is 0.410 e. The van der Waals surface area contributed by atoms with Crippen molar-refractivity contribution in [3.8, 4) is 17.1 Å². The van der Waals surface area contributed by atoms with Gasteiger partial charge < -0.3 is 24.3 Å². The molecule has 2 fully saturated rings. The number of aryl methyl sites for hydroxylation is 1. The number of hydrogen-bond acceptors (Lipinski definition) is 7. The van der Waals surface area contributed by atoms with Crippen molar-refractivity contribution in [2.24, 2.45) is 13.0 Å². The number of rotatable bonds is 7. The Morgan fingerprint density at radius 1 is 1.23 bits per heavy atom. The summed E-state index contributed by atoms with van der Waals surface area (Å²) in [6.45, 7) is 7.54. The third-order valence-corrected chi connectivity index (χ3v) is 6.89. The second-order valence-electron chi connectivity index (χ2n) is 9.18. The topological polar surface area (TPSA) is 124 Å². The van der Waals surface area contributed by atoms with E-state index in [0.717, 1.165) is 38.5 Å². The van der Waals surface area contributed by atoms with Gasteiger partial charge in [0.15, 0.2) is 11.4 Å². The zero-order valence-electron chi connectivity index (χ0n) is 20.0. The second kappa shape index (κ2) is 10.7. The van der Waals surface area contributed by atoms with Gasteiger partial charge in [-0.2, -0.15) is 0 Å². The quantitative estimate of drug-likeness (QED) is 0.588. The van der Waals surface area contributed by atoms with E-state index in [2.05, 4.69) is 20.1 Å².